The molecule has 0 bridgehead atoms. The Labute approximate surface area is 221 Å². The van der Waals surface area contributed by atoms with Crippen LogP contribution in [0.4, 0.5) is 0 Å². The number of thioether (sulfide) groups is 1. The standard InChI is InChI=1S/C25H21Cl2N5O3S/c1-2-35-22-13-16(3-12-21(22)33)14-28-29-23(34)15-36-25-31-30-24(17-4-6-18(26)7-5-17)32(25)20-10-8-19(27)9-11-20/h3-14,33H,2,15H2,1H3,(H,29,34)/b28-14-. The maximum absolute atomic E-state index is 12.4. The number of ether oxygens (including phenoxy) is 1. The highest BCUT2D eigenvalue weighted by atomic mass is 35.5. The van der Waals surface area contributed by atoms with Crippen LogP contribution >= 0.6 is 35.0 Å². The fraction of sp³-hybridized carbons (Fsp3) is 0.120. The van der Waals surface area contributed by atoms with E-state index in [1.54, 1.807) is 36.4 Å². The lowest BCUT2D eigenvalue weighted by molar-refractivity contribution is -0.118. The molecule has 1 aromatic heterocycles. The summed E-state index contributed by atoms with van der Waals surface area (Å²) in [6.07, 6.45) is 1.47. The Balaban J connectivity index is 1.47. The van der Waals surface area contributed by atoms with Crippen molar-refractivity contribution in [1.29, 1.82) is 0 Å². The van der Waals surface area contributed by atoms with Crippen molar-refractivity contribution >= 4 is 47.1 Å². The maximum atomic E-state index is 12.4. The first-order valence-electron chi connectivity index (χ1n) is 10.8. The number of carbonyl (C=O) groups excluding carboxylic acids is 1. The van der Waals surface area contributed by atoms with E-state index < -0.39 is 0 Å². The zero-order chi connectivity index (χ0) is 25.5. The lowest BCUT2D eigenvalue weighted by Gasteiger charge is -2.10. The maximum Gasteiger partial charge on any atom is 0.250 e. The normalized spacial score (nSPS) is 11.1. The summed E-state index contributed by atoms with van der Waals surface area (Å²) in [5.41, 5.74) is 4.78. The molecule has 184 valence electrons. The van der Waals surface area contributed by atoms with Crippen molar-refractivity contribution in [2.24, 2.45) is 5.10 Å². The topological polar surface area (TPSA) is 102 Å². The summed E-state index contributed by atoms with van der Waals surface area (Å²) in [6, 6.07) is 19.3. The Morgan fingerprint density at radius 3 is 2.47 bits per heavy atom. The van der Waals surface area contributed by atoms with Gasteiger partial charge in [-0.2, -0.15) is 5.10 Å². The molecule has 0 atom stereocenters. The fourth-order valence-electron chi connectivity index (χ4n) is 3.20. The van der Waals surface area contributed by atoms with E-state index >= 15 is 0 Å². The van der Waals surface area contributed by atoms with E-state index in [-0.39, 0.29) is 17.4 Å². The molecule has 0 radical (unpaired) electrons. The van der Waals surface area contributed by atoms with E-state index in [9.17, 15) is 9.90 Å². The van der Waals surface area contributed by atoms with Gasteiger partial charge in [0.2, 0.25) is 0 Å². The number of nitrogens with one attached hydrogen (secondary N) is 1. The van der Waals surface area contributed by atoms with Crippen molar-refractivity contribution in [3.63, 3.8) is 0 Å². The average molecular weight is 542 g/mol. The van der Waals surface area contributed by atoms with Gasteiger partial charge in [-0.15, -0.1) is 10.2 Å². The summed E-state index contributed by atoms with van der Waals surface area (Å²) in [5.74, 6) is 0.730. The Bertz CT molecular complexity index is 1380. The number of carbonyl (C=O) groups is 1. The van der Waals surface area contributed by atoms with E-state index in [0.717, 1.165) is 11.3 Å². The molecule has 3 aromatic carbocycles. The SMILES string of the molecule is CCOc1cc(/C=N\NC(=O)CSc2nnc(-c3ccc(Cl)cc3)n2-c2ccc(Cl)cc2)ccc1O. The average Bonchev–Trinajstić information content (AvgIpc) is 3.29. The van der Waals surface area contributed by atoms with Gasteiger partial charge in [-0.25, -0.2) is 5.43 Å². The molecule has 2 N–H and O–H groups in total. The highest BCUT2D eigenvalue weighted by Crippen LogP contribution is 2.29. The van der Waals surface area contributed by atoms with Crippen LogP contribution in [-0.4, -0.2) is 44.4 Å². The molecule has 0 unspecified atom stereocenters. The molecule has 36 heavy (non-hydrogen) atoms. The third kappa shape index (κ3) is 6.37. The number of phenols is 1. The molecule has 0 saturated heterocycles. The van der Waals surface area contributed by atoms with Gasteiger partial charge in [0, 0.05) is 21.3 Å². The molecule has 0 spiro atoms. The van der Waals surface area contributed by atoms with E-state index in [4.69, 9.17) is 27.9 Å². The number of aromatic nitrogens is 3. The van der Waals surface area contributed by atoms with E-state index in [1.165, 1.54) is 24.0 Å². The lowest BCUT2D eigenvalue weighted by atomic mass is 10.2. The number of amides is 1. The van der Waals surface area contributed by atoms with Crippen LogP contribution < -0.4 is 10.2 Å². The summed E-state index contributed by atoms with van der Waals surface area (Å²) in [7, 11) is 0. The first-order valence-corrected chi connectivity index (χ1v) is 12.6. The number of aromatic hydroxyl groups is 1. The number of hydrogen-bond donors (Lipinski definition) is 2. The van der Waals surface area contributed by atoms with Gasteiger partial charge in [0.15, 0.2) is 22.5 Å². The van der Waals surface area contributed by atoms with Gasteiger partial charge >= 0.3 is 0 Å². The fourth-order valence-corrected chi connectivity index (χ4v) is 4.19. The quantitative estimate of drug-likeness (QED) is 0.163. The van der Waals surface area contributed by atoms with Gasteiger partial charge in [0.1, 0.15) is 0 Å². The number of nitrogens with zero attached hydrogens (tertiary/aromatic N) is 4. The van der Waals surface area contributed by atoms with Crippen molar-refractivity contribution < 1.29 is 14.6 Å². The number of hydrazone groups is 1. The first-order chi connectivity index (χ1) is 17.4. The molecular weight excluding hydrogens is 521 g/mol. The minimum atomic E-state index is -0.321. The molecule has 1 heterocycles. The van der Waals surface area contributed by atoms with Crippen LogP contribution in [0.5, 0.6) is 11.5 Å². The van der Waals surface area contributed by atoms with Gasteiger partial charge in [-0.1, -0.05) is 35.0 Å². The monoisotopic (exact) mass is 541 g/mol. The second kappa shape index (κ2) is 11.9. The minimum absolute atomic E-state index is 0.0391. The highest BCUT2D eigenvalue weighted by molar-refractivity contribution is 7.99. The zero-order valence-electron chi connectivity index (χ0n) is 19.1. The predicted octanol–water partition coefficient (Wildman–Crippen LogP) is 5.59. The Morgan fingerprint density at radius 2 is 1.78 bits per heavy atom. The van der Waals surface area contributed by atoms with Gasteiger partial charge in [0.25, 0.3) is 5.91 Å². The third-order valence-electron chi connectivity index (χ3n) is 4.84. The summed E-state index contributed by atoms with van der Waals surface area (Å²) in [5, 5.41) is 24.2. The number of phenolic OH excluding ortho intramolecular Hbond substituents is 1. The molecule has 8 nitrogen and oxygen atoms in total. The third-order valence-corrected chi connectivity index (χ3v) is 6.27. The second-order valence-corrected chi connectivity index (χ2v) is 9.18. The largest absolute Gasteiger partial charge is 0.504 e. The molecule has 0 saturated carbocycles. The van der Waals surface area contributed by atoms with Crippen LogP contribution in [0.2, 0.25) is 10.0 Å². The van der Waals surface area contributed by atoms with Crippen molar-refractivity contribution in [3.8, 4) is 28.6 Å². The molecule has 0 fully saturated rings. The molecule has 11 heteroatoms. The van der Waals surface area contributed by atoms with E-state index in [0.29, 0.717) is 38.9 Å². The van der Waals surface area contributed by atoms with Crippen LogP contribution in [0.25, 0.3) is 17.1 Å². The van der Waals surface area contributed by atoms with E-state index in [1.807, 2.05) is 35.8 Å². The van der Waals surface area contributed by atoms with Gasteiger partial charge in [0.05, 0.1) is 18.6 Å². The smallest absolute Gasteiger partial charge is 0.250 e. The first kappa shape index (κ1) is 25.6. The Kier molecular flexibility index (Phi) is 8.48. The van der Waals surface area contributed by atoms with Crippen molar-refractivity contribution in [1.82, 2.24) is 20.2 Å². The van der Waals surface area contributed by atoms with Crippen LogP contribution in [0, 0.1) is 0 Å². The molecule has 0 aliphatic heterocycles. The number of halogens is 2. The zero-order valence-corrected chi connectivity index (χ0v) is 21.4. The molecule has 0 aliphatic carbocycles. The van der Waals surface area contributed by atoms with Crippen LogP contribution in [0.15, 0.2) is 77.0 Å². The van der Waals surface area contributed by atoms with E-state index in [2.05, 4.69) is 20.7 Å². The van der Waals surface area contributed by atoms with Gasteiger partial charge in [-0.3, -0.25) is 9.36 Å². The number of hydrogen-bond acceptors (Lipinski definition) is 7. The highest BCUT2D eigenvalue weighted by Gasteiger charge is 2.17. The van der Waals surface area contributed by atoms with Crippen LogP contribution in [0.3, 0.4) is 0 Å². The summed E-state index contributed by atoms with van der Waals surface area (Å²) < 4.78 is 7.21. The summed E-state index contributed by atoms with van der Waals surface area (Å²) in [4.78, 5) is 12.4. The van der Waals surface area contributed by atoms with Crippen molar-refractivity contribution in [2.45, 2.75) is 12.1 Å². The molecule has 0 aliphatic rings. The van der Waals surface area contributed by atoms with Crippen molar-refractivity contribution in [3.05, 3.63) is 82.3 Å². The van der Waals surface area contributed by atoms with Crippen LogP contribution in [-0.2, 0) is 4.79 Å². The summed E-state index contributed by atoms with van der Waals surface area (Å²) >= 11 is 13.3. The lowest BCUT2D eigenvalue weighted by Crippen LogP contribution is -2.20. The summed E-state index contributed by atoms with van der Waals surface area (Å²) in [6.45, 7) is 2.24. The predicted molar refractivity (Wildman–Crippen MR) is 143 cm³/mol. The number of benzene rings is 3. The van der Waals surface area contributed by atoms with Gasteiger partial charge < -0.3 is 9.84 Å². The van der Waals surface area contributed by atoms with Crippen LogP contribution in [0.1, 0.15) is 12.5 Å². The second-order valence-electron chi connectivity index (χ2n) is 7.37. The molecule has 4 aromatic rings. The molecule has 1 amide bonds. The van der Waals surface area contributed by atoms with Gasteiger partial charge in [-0.05, 0) is 79.2 Å². The molecule has 4 rings (SSSR count). The van der Waals surface area contributed by atoms with Crippen molar-refractivity contribution in [2.75, 3.05) is 12.4 Å². The number of rotatable bonds is 9. The Morgan fingerprint density at radius 1 is 1.08 bits per heavy atom. The Hall–Kier alpha value is -3.53. The minimum Gasteiger partial charge on any atom is -0.504 e. The molecular formula is C25H21Cl2N5O3S.